The molecule has 1 N–H and O–H groups in total. The Balaban J connectivity index is 2.27. The van der Waals surface area contributed by atoms with E-state index in [4.69, 9.17) is 8.94 Å². The van der Waals surface area contributed by atoms with Crippen molar-refractivity contribution < 1.29 is 14.0 Å². The number of aryl methyl sites for hydroxylation is 1. The lowest BCUT2D eigenvalue weighted by molar-refractivity contribution is 0.159. The summed E-state index contributed by atoms with van der Waals surface area (Å²) >= 11 is 0. The first-order valence-corrected chi connectivity index (χ1v) is 4.78. The van der Waals surface area contributed by atoms with Crippen molar-refractivity contribution in [3.63, 3.8) is 0 Å². The van der Waals surface area contributed by atoms with Crippen molar-refractivity contribution in [1.29, 1.82) is 0 Å². The first kappa shape index (κ1) is 9.92. The van der Waals surface area contributed by atoms with E-state index in [0.29, 0.717) is 18.1 Å². The molecule has 0 aliphatic carbocycles. The summed E-state index contributed by atoms with van der Waals surface area (Å²) in [6.07, 6.45) is 1.43. The summed E-state index contributed by atoms with van der Waals surface area (Å²) in [4.78, 5) is 4.08. The molecule has 2 aromatic rings. The fraction of sp³-hybridized carbons (Fsp3) is 0.400. The molecular formula is C10H12N2O3. The van der Waals surface area contributed by atoms with E-state index in [9.17, 15) is 5.11 Å². The van der Waals surface area contributed by atoms with Gasteiger partial charge < -0.3 is 14.0 Å². The Morgan fingerprint density at radius 3 is 2.93 bits per heavy atom. The Morgan fingerprint density at radius 1 is 1.53 bits per heavy atom. The van der Waals surface area contributed by atoms with E-state index in [1.165, 1.54) is 0 Å². The maximum absolute atomic E-state index is 9.49. The molecule has 0 spiro atoms. The Kier molecular flexibility index (Phi) is 2.55. The molecular weight excluding hydrogens is 196 g/mol. The third-order valence-electron chi connectivity index (χ3n) is 2.10. The van der Waals surface area contributed by atoms with Crippen LogP contribution >= 0.6 is 0 Å². The third kappa shape index (κ3) is 1.92. The van der Waals surface area contributed by atoms with E-state index < -0.39 is 6.10 Å². The molecule has 15 heavy (non-hydrogen) atoms. The van der Waals surface area contributed by atoms with Gasteiger partial charge in [0.2, 0.25) is 5.82 Å². The Morgan fingerprint density at radius 2 is 2.33 bits per heavy atom. The normalized spacial score (nSPS) is 13.0. The number of furan rings is 1. The summed E-state index contributed by atoms with van der Waals surface area (Å²) < 4.78 is 10.1. The van der Waals surface area contributed by atoms with Crippen LogP contribution in [-0.2, 0) is 0 Å². The van der Waals surface area contributed by atoms with Crippen molar-refractivity contribution in [2.75, 3.05) is 0 Å². The van der Waals surface area contributed by atoms with Gasteiger partial charge in [0.05, 0.1) is 5.56 Å². The van der Waals surface area contributed by atoms with Crippen LogP contribution in [0.25, 0.3) is 11.5 Å². The quantitative estimate of drug-likeness (QED) is 0.835. The van der Waals surface area contributed by atoms with E-state index >= 15 is 0 Å². The molecule has 5 heteroatoms. The van der Waals surface area contributed by atoms with Gasteiger partial charge in [0, 0.05) is 0 Å². The van der Waals surface area contributed by atoms with Gasteiger partial charge in [-0.3, -0.25) is 0 Å². The molecule has 0 bridgehead atoms. The first-order chi connectivity index (χ1) is 7.20. The van der Waals surface area contributed by atoms with Crippen LogP contribution in [0.5, 0.6) is 0 Å². The number of rotatable bonds is 3. The molecule has 0 aliphatic rings. The summed E-state index contributed by atoms with van der Waals surface area (Å²) in [5.41, 5.74) is 0.731. The average molecular weight is 208 g/mol. The van der Waals surface area contributed by atoms with Crippen molar-refractivity contribution in [1.82, 2.24) is 10.1 Å². The molecule has 0 saturated carbocycles. The molecule has 1 unspecified atom stereocenters. The molecule has 0 fully saturated rings. The van der Waals surface area contributed by atoms with E-state index in [0.717, 1.165) is 11.3 Å². The van der Waals surface area contributed by atoms with Crippen molar-refractivity contribution in [3.05, 3.63) is 23.9 Å². The number of aromatic nitrogens is 2. The van der Waals surface area contributed by atoms with Gasteiger partial charge in [0.25, 0.3) is 5.89 Å². The molecule has 0 radical (unpaired) electrons. The summed E-state index contributed by atoms with van der Waals surface area (Å²) in [6, 6.07) is 1.80. The van der Waals surface area contributed by atoms with Gasteiger partial charge in [0.15, 0.2) is 0 Å². The van der Waals surface area contributed by atoms with Crippen LogP contribution in [0.1, 0.15) is 31.0 Å². The number of hydrogen-bond acceptors (Lipinski definition) is 5. The summed E-state index contributed by atoms with van der Waals surface area (Å²) in [6.45, 7) is 3.68. The van der Waals surface area contributed by atoms with Crippen LogP contribution in [0.4, 0.5) is 0 Å². The molecule has 0 amide bonds. The molecule has 1 atom stereocenters. The lowest BCUT2D eigenvalue weighted by atomic mass is 10.2. The van der Waals surface area contributed by atoms with Gasteiger partial charge in [-0.1, -0.05) is 12.1 Å². The van der Waals surface area contributed by atoms with Crippen LogP contribution in [0.2, 0.25) is 0 Å². The van der Waals surface area contributed by atoms with Gasteiger partial charge in [-0.25, -0.2) is 0 Å². The highest BCUT2D eigenvalue weighted by Crippen LogP contribution is 2.22. The summed E-state index contributed by atoms with van der Waals surface area (Å²) in [5, 5.41) is 13.2. The Labute approximate surface area is 86.7 Å². The summed E-state index contributed by atoms with van der Waals surface area (Å²) in [5.74, 6) is 1.46. The van der Waals surface area contributed by atoms with Gasteiger partial charge >= 0.3 is 0 Å². The second kappa shape index (κ2) is 3.86. The Hall–Kier alpha value is -1.62. The molecule has 2 aromatic heterocycles. The SMILES string of the molecule is CCC(O)c1noc(-c2coc(C)c2)n1. The average Bonchev–Trinajstić information content (AvgIpc) is 2.84. The second-order valence-corrected chi connectivity index (χ2v) is 3.33. The van der Waals surface area contributed by atoms with E-state index in [2.05, 4.69) is 10.1 Å². The lowest BCUT2D eigenvalue weighted by Crippen LogP contribution is -1.97. The fourth-order valence-electron chi connectivity index (χ4n) is 1.23. The van der Waals surface area contributed by atoms with E-state index in [1.54, 1.807) is 12.3 Å². The number of aliphatic hydroxyl groups is 1. The molecule has 80 valence electrons. The lowest BCUT2D eigenvalue weighted by Gasteiger charge is -1.97. The highest BCUT2D eigenvalue weighted by Gasteiger charge is 2.15. The zero-order valence-corrected chi connectivity index (χ0v) is 8.60. The highest BCUT2D eigenvalue weighted by molar-refractivity contribution is 5.51. The van der Waals surface area contributed by atoms with Crippen molar-refractivity contribution in [2.24, 2.45) is 0 Å². The zero-order valence-electron chi connectivity index (χ0n) is 8.60. The van der Waals surface area contributed by atoms with Crippen molar-refractivity contribution in [2.45, 2.75) is 26.4 Å². The van der Waals surface area contributed by atoms with Crippen LogP contribution < -0.4 is 0 Å². The number of aliphatic hydroxyl groups excluding tert-OH is 1. The van der Waals surface area contributed by atoms with Gasteiger partial charge in [-0.2, -0.15) is 4.98 Å². The van der Waals surface area contributed by atoms with Crippen molar-refractivity contribution in [3.8, 4) is 11.5 Å². The molecule has 0 saturated heterocycles. The molecule has 5 nitrogen and oxygen atoms in total. The number of hydrogen-bond donors (Lipinski definition) is 1. The van der Waals surface area contributed by atoms with Gasteiger partial charge in [0.1, 0.15) is 18.1 Å². The smallest absolute Gasteiger partial charge is 0.261 e. The fourth-order valence-corrected chi connectivity index (χ4v) is 1.23. The van der Waals surface area contributed by atoms with Crippen LogP contribution in [0.3, 0.4) is 0 Å². The van der Waals surface area contributed by atoms with Crippen LogP contribution in [0, 0.1) is 6.92 Å². The molecule has 0 aliphatic heterocycles. The third-order valence-corrected chi connectivity index (χ3v) is 2.10. The Bertz CT molecular complexity index is 447. The van der Waals surface area contributed by atoms with E-state index in [-0.39, 0.29) is 0 Å². The monoisotopic (exact) mass is 208 g/mol. The predicted molar refractivity (Wildman–Crippen MR) is 52.0 cm³/mol. The molecule has 2 heterocycles. The topological polar surface area (TPSA) is 72.3 Å². The highest BCUT2D eigenvalue weighted by atomic mass is 16.5. The minimum atomic E-state index is -0.671. The van der Waals surface area contributed by atoms with Gasteiger partial charge in [-0.15, -0.1) is 0 Å². The maximum atomic E-state index is 9.49. The largest absolute Gasteiger partial charge is 0.469 e. The minimum Gasteiger partial charge on any atom is -0.469 e. The summed E-state index contributed by atoms with van der Waals surface area (Å²) in [7, 11) is 0. The standard InChI is InChI=1S/C10H12N2O3/c1-3-8(13)9-11-10(15-12-9)7-4-6(2)14-5-7/h4-5,8,13H,3H2,1-2H3. The van der Waals surface area contributed by atoms with Crippen LogP contribution in [0.15, 0.2) is 21.3 Å². The van der Waals surface area contributed by atoms with Crippen molar-refractivity contribution >= 4 is 0 Å². The second-order valence-electron chi connectivity index (χ2n) is 3.33. The van der Waals surface area contributed by atoms with E-state index in [1.807, 2.05) is 13.8 Å². The van der Waals surface area contributed by atoms with Crippen LogP contribution in [-0.4, -0.2) is 15.2 Å². The zero-order chi connectivity index (χ0) is 10.8. The van der Waals surface area contributed by atoms with Gasteiger partial charge in [-0.05, 0) is 19.4 Å². The molecule has 0 aromatic carbocycles. The number of nitrogens with zero attached hydrogens (tertiary/aromatic N) is 2. The minimum absolute atomic E-state index is 0.311. The first-order valence-electron chi connectivity index (χ1n) is 4.78. The molecule has 2 rings (SSSR count). The predicted octanol–water partition coefficient (Wildman–Crippen LogP) is 2.08. The maximum Gasteiger partial charge on any atom is 0.261 e.